The Labute approximate surface area is 95.8 Å². The van der Waals surface area contributed by atoms with Crippen LogP contribution in [0.3, 0.4) is 0 Å². The van der Waals surface area contributed by atoms with Gasteiger partial charge in [-0.15, -0.1) is 0 Å². The van der Waals surface area contributed by atoms with Crippen LogP contribution in [0.1, 0.15) is 19.4 Å². The van der Waals surface area contributed by atoms with Crippen LogP contribution in [0, 0.1) is 0 Å². The van der Waals surface area contributed by atoms with Crippen molar-refractivity contribution in [1.82, 2.24) is 0 Å². The molecule has 0 saturated heterocycles. The van der Waals surface area contributed by atoms with Crippen LogP contribution < -0.4 is 0 Å². The Morgan fingerprint density at radius 3 is 2.60 bits per heavy atom. The van der Waals surface area contributed by atoms with Gasteiger partial charge in [0.1, 0.15) is 0 Å². The van der Waals surface area contributed by atoms with Gasteiger partial charge in [-0.2, -0.15) is 0 Å². The van der Waals surface area contributed by atoms with Gasteiger partial charge < -0.3 is 4.52 Å². The fourth-order valence-electron chi connectivity index (χ4n) is 1.16. The summed E-state index contributed by atoms with van der Waals surface area (Å²) < 4.78 is 16.4. The Balaban J connectivity index is 2.79. The van der Waals surface area contributed by atoms with Crippen molar-refractivity contribution in [2.75, 3.05) is 6.61 Å². The molecule has 0 aliphatic carbocycles. The molecular weight excluding hydrogens is 231 g/mol. The van der Waals surface area contributed by atoms with Gasteiger partial charge in [0.25, 0.3) is 0 Å². The largest absolute Gasteiger partial charge is 0.328 e. The molecule has 0 heterocycles. The smallest absolute Gasteiger partial charge is 0.213 e. The minimum Gasteiger partial charge on any atom is -0.328 e. The van der Waals surface area contributed by atoms with Crippen LogP contribution in [-0.2, 0) is 9.09 Å². The van der Waals surface area contributed by atoms with Gasteiger partial charge in [-0.25, -0.2) is 0 Å². The third kappa shape index (κ3) is 4.21. The molecule has 0 bridgehead atoms. The maximum absolute atomic E-state index is 11.4. The number of rotatable bonds is 4. The zero-order valence-corrected chi connectivity index (χ0v) is 10.5. The quantitative estimate of drug-likeness (QED) is 0.742. The molecule has 1 atom stereocenters. The van der Waals surface area contributed by atoms with E-state index >= 15 is 0 Å². The monoisotopic (exact) mass is 244 g/mol. The number of allylic oxidation sites excluding steroid dienone is 1. The third-order valence-electron chi connectivity index (χ3n) is 1.92. The van der Waals surface area contributed by atoms with E-state index in [9.17, 15) is 4.57 Å². The lowest BCUT2D eigenvalue weighted by atomic mass is 10.1. The zero-order chi connectivity index (χ0) is 11.3. The normalized spacial score (nSPS) is 13.9. The number of halogens is 1. The SMILES string of the molecule is CCO[PH](=O)/C=C(\C)c1ccc(Cl)cc1. The van der Waals surface area contributed by atoms with E-state index in [1.807, 2.05) is 38.1 Å². The fourth-order valence-corrected chi connectivity index (χ4v) is 2.17. The molecule has 1 unspecified atom stereocenters. The van der Waals surface area contributed by atoms with Crippen LogP contribution in [-0.4, -0.2) is 6.61 Å². The molecule has 0 spiro atoms. The molecule has 0 aromatic heterocycles. The van der Waals surface area contributed by atoms with E-state index in [-0.39, 0.29) is 0 Å². The van der Waals surface area contributed by atoms with E-state index in [0.717, 1.165) is 11.1 Å². The first-order valence-corrected chi connectivity index (χ1v) is 6.51. The summed E-state index contributed by atoms with van der Waals surface area (Å²) in [6.07, 6.45) is 0. The summed E-state index contributed by atoms with van der Waals surface area (Å²) >= 11 is 5.77. The third-order valence-corrected chi connectivity index (χ3v) is 3.41. The Morgan fingerprint density at radius 2 is 2.07 bits per heavy atom. The van der Waals surface area contributed by atoms with Crippen molar-refractivity contribution in [3.63, 3.8) is 0 Å². The van der Waals surface area contributed by atoms with E-state index in [1.54, 1.807) is 5.82 Å². The molecule has 0 radical (unpaired) electrons. The van der Waals surface area contributed by atoms with Gasteiger partial charge in [0, 0.05) is 10.8 Å². The molecule has 0 aliphatic rings. The van der Waals surface area contributed by atoms with E-state index < -0.39 is 8.03 Å². The summed E-state index contributed by atoms with van der Waals surface area (Å²) in [6.45, 7) is 4.21. The Bertz CT molecular complexity index is 371. The zero-order valence-electron chi connectivity index (χ0n) is 8.79. The van der Waals surface area contributed by atoms with Crippen molar-refractivity contribution < 1.29 is 9.09 Å². The molecule has 1 aromatic rings. The summed E-state index contributed by atoms with van der Waals surface area (Å²) in [4.78, 5) is 0. The lowest BCUT2D eigenvalue weighted by molar-refractivity contribution is 0.356. The van der Waals surface area contributed by atoms with Gasteiger partial charge in [-0.1, -0.05) is 23.7 Å². The summed E-state index contributed by atoms with van der Waals surface area (Å²) in [5, 5.41) is 0.698. The average molecular weight is 245 g/mol. The molecule has 0 fully saturated rings. The topological polar surface area (TPSA) is 26.3 Å². The van der Waals surface area contributed by atoms with Crippen molar-refractivity contribution in [3.8, 4) is 0 Å². The minimum atomic E-state index is -2.04. The molecule has 0 N–H and O–H groups in total. The number of benzene rings is 1. The predicted octanol–water partition coefficient (Wildman–Crippen LogP) is 4.21. The van der Waals surface area contributed by atoms with E-state index in [0.29, 0.717) is 11.6 Å². The molecule has 15 heavy (non-hydrogen) atoms. The van der Waals surface area contributed by atoms with Crippen molar-refractivity contribution in [2.45, 2.75) is 13.8 Å². The highest BCUT2D eigenvalue weighted by molar-refractivity contribution is 7.43. The van der Waals surface area contributed by atoms with Gasteiger partial charge in [0.2, 0.25) is 8.03 Å². The molecule has 0 aliphatic heterocycles. The van der Waals surface area contributed by atoms with Crippen LogP contribution in [0.2, 0.25) is 5.02 Å². The van der Waals surface area contributed by atoms with Crippen molar-refractivity contribution in [2.24, 2.45) is 0 Å². The van der Waals surface area contributed by atoms with Crippen LogP contribution >= 0.6 is 19.6 Å². The van der Waals surface area contributed by atoms with E-state index in [4.69, 9.17) is 16.1 Å². The van der Waals surface area contributed by atoms with Crippen LogP contribution in [0.25, 0.3) is 5.57 Å². The van der Waals surface area contributed by atoms with Gasteiger partial charge in [-0.3, -0.25) is 4.57 Å². The van der Waals surface area contributed by atoms with Crippen molar-refractivity contribution in [3.05, 3.63) is 40.7 Å². The summed E-state index contributed by atoms with van der Waals surface area (Å²) in [6, 6.07) is 7.42. The van der Waals surface area contributed by atoms with Gasteiger partial charge >= 0.3 is 0 Å². The summed E-state index contributed by atoms with van der Waals surface area (Å²) in [7, 11) is -2.04. The van der Waals surface area contributed by atoms with Crippen LogP contribution in [0.4, 0.5) is 0 Å². The lowest BCUT2D eigenvalue weighted by Crippen LogP contribution is -1.79. The second kappa shape index (κ2) is 6.12. The second-order valence-corrected chi connectivity index (χ2v) is 4.74. The van der Waals surface area contributed by atoms with Crippen molar-refractivity contribution >= 4 is 25.2 Å². The summed E-state index contributed by atoms with van der Waals surface area (Å²) in [5.74, 6) is 1.66. The fraction of sp³-hybridized carbons (Fsp3) is 0.273. The molecule has 0 saturated carbocycles. The van der Waals surface area contributed by atoms with Gasteiger partial charge in [-0.05, 0) is 37.1 Å². The maximum Gasteiger partial charge on any atom is 0.213 e. The first-order chi connectivity index (χ1) is 7.13. The average Bonchev–Trinajstić information content (AvgIpc) is 2.18. The van der Waals surface area contributed by atoms with Gasteiger partial charge in [0.15, 0.2) is 0 Å². The molecule has 82 valence electrons. The first-order valence-electron chi connectivity index (χ1n) is 4.74. The van der Waals surface area contributed by atoms with E-state index in [2.05, 4.69) is 0 Å². The first kappa shape index (κ1) is 12.5. The van der Waals surface area contributed by atoms with Gasteiger partial charge in [0.05, 0.1) is 6.61 Å². The molecular formula is C11H14ClO2P. The predicted molar refractivity (Wildman–Crippen MR) is 65.7 cm³/mol. The highest BCUT2D eigenvalue weighted by Crippen LogP contribution is 2.29. The Hall–Kier alpha value is -0.560. The van der Waals surface area contributed by atoms with Crippen molar-refractivity contribution in [1.29, 1.82) is 0 Å². The standard InChI is InChI=1S/C11H14ClO2P/c1-3-14-15(13)8-9(2)10-4-6-11(12)7-5-10/h4-8,15H,3H2,1-2H3/b9-8+. The second-order valence-electron chi connectivity index (χ2n) is 3.09. The summed E-state index contributed by atoms with van der Waals surface area (Å²) in [5.41, 5.74) is 1.96. The molecule has 1 aromatic carbocycles. The number of hydrogen-bond acceptors (Lipinski definition) is 2. The molecule has 0 amide bonds. The van der Waals surface area contributed by atoms with Crippen LogP contribution in [0.5, 0.6) is 0 Å². The Morgan fingerprint density at radius 1 is 1.47 bits per heavy atom. The molecule has 4 heteroatoms. The minimum absolute atomic E-state index is 0.474. The van der Waals surface area contributed by atoms with E-state index in [1.165, 1.54) is 0 Å². The Kier molecular flexibility index (Phi) is 5.10. The maximum atomic E-state index is 11.4. The molecule has 1 rings (SSSR count). The molecule has 2 nitrogen and oxygen atoms in total. The van der Waals surface area contributed by atoms with Crippen LogP contribution in [0.15, 0.2) is 30.1 Å². The highest BCUT2D eigenvalue weighted by atomic mass is 35.5. The number of hydrogen-bond donors (Lipinski definition) is 0. The highest BCUT2D eigenvalue weighted by Gasteiger charge is 1.98. The lowest BCUT2D eigenvalue weighted by Gasteiger charge is -2.02.